The largest absolute Gasteiger partial charge is 0.478 e. The number of hydrogen-bond acceptors (Lipinski definition) is 6. The molecule has 8 aromatic rings. The zero-order valence-corrected chi connectivity index (χ0v) is 38.2. The van der Waals surface area contributed by atoms with Gasteiger partial charge >= 0.3 is 11.9 Å². The molecule has 8 aromatic carbocycles. The van der Waals surface area contributed by atoms with Crippen molar-refractivity contribution >= 4 is 24.9 Å². The molecule has 0 radical (unpaired) electrons. The molecule has 70 heavy (non-hydrogen) atoms. The number of carbonyl (C=O) groups excluding carboxylic acids is 2. The molecular formula is C62H48O8. The quantitative estimate of drug-likeness (QED) is 0.103. The van der Waals surface area contributed by atoms with Crippen molar-refractivity contribution in [1.29, 1.82) is 0 Å². The first-order valence-corrected chi connectivity index (χ1v) is 23.5. The average molecular weight is 921 g/mol. The molecule has 8 heteroatoms. The summed E-state index contributed by atoms with van der Waals surface area (Å²) < 4.78 is 10.2. The number of carboxylic acids is 2. The van der Waals surface area contributed by atoms with E-state index in [-0.39, 0.29) is 32.8 Å². The first-order valence-electron chi connectivity index (χ1n) is 23.5. The first kappa shape index (κ1) is 44.2. The summed E-state index contributed by atoms with van der Waals surface area (Å²) in [5.74, 6) is -0.913. The molecule has 12 rings (SSSR count). The molecule has 0 saturated heterocycles. The summed E-state index contributed by atoms with van der Waals surface area (Å²) in [6.45, 7) is 0.877. The van der Waals surface area contributed by atoms with Crippen LogP contribution in [-0.2, 0) is 31.2 Å². The maximum atomic E-state index is 11.7. The normalized spacial score (nSPS) is 21.9. The highest BCUT2D eigenvalue weighted by atomic mass is 16.5. The van der Waals surface area contributed by atoms with Crippen LogP contribution in [-0.4, -0.2) is 35.1 Å². The third kappa shape index (κ3) is 7.85. The smallest absolute Gasteiger partial charge is 0.335 e. The van der Waals surface area contributed by atoms with Gasteiger partial charge in [-0.3, -0.25) is 9.59 Å². The fraction of sp³-hybridized carbons (Fsp3) is 0.161. The molecule has 0 aromatic heterocycles. The van der Waals surface area contributed by atoms with E-state index in [2.05, 4.69) is 97.1 Å². The van der Waals surface area contributed by atoms with Crippen LogP contribution in [0.2, 0.25) is 0 Å². The molecule has 344 valence electrons. The highest BCUT2D eigenvalue weighted by molar-refractivity contribution is 5.89. The minimum atomic E-state index is -0.950. The van der Waals surface area contributed by atoms with E-state index in [1.807, 2.05) is 72.8 Å². The predicted molar refractivity (Wildman–Crippen MR) is 269 cm³/mol. The van der Waals surface area contributed by atoms with Crippen LogP contribution in [0.1, 0.15) is 81.5 Å². The summed E-state index contributed by atoms with van der Waals surface area (Å²) in [6, 6.07) is 65.5. The van der Waals surface area contributed by atoms with Crippen LogP contribution in [0.5, 0.6) is 11.5 Å². The van der Waals surface area contributed by atoms with Crippen LogP contribution in [0.4, 0.5) is 0 Å². The summed E-state index contributed by atoms with van der Waals surface area (Å²) in [4.78, 5) is 45.4. The zero-order chi connectivity index (χ0) is 48.1. The minimum absolute atomic E-state index is 0.224. The van der Waals surface area contributed by atoms with Crippen LogP contribution in [0.3, 0.4) is 0 Å². The van der Waals surface area contributed by atoms with Crippen molar-refractivity contribution in [2.24, 2.45) is 0 Å². The highest BCUT2D eigenvalue weighted by Crippen LogP contribution is 2.75. The van der Waals surface area contributed by atoms with E-state index < -0.39 is 11.9 Å². The predicted octanol–water partition coefficient (Wildman–Crippen LogP) is 13.3. The Balaban J connectivity index is 1.05. The van der Waals surface area contributed by atoms with Gasteiger partial charge in [0.15, 0.2) is 0 Å². The standard InChI is InChI=1S/C62H48O8/c63-39-69-55-29-17-47(18-30-55)45-13-25-53(26-14-45)61-34-59(51-21-9-43(10-22-51)41-1-5-49(6-2-41)57(65)66)33-60(36-61,52-23-11-44(12-24-52)42-3-7-50(8-4-42)58(67)68)37-62(35-59,38-61)54-27-15-46(16-28-54)48-19-31-56(32-20-48)70-40-64/h1-32,39-40H,33-38H2,(H,65,66)(H,67,68)/t59?,60?,61-,62+. The molecule has 0 unspecified atom stereocenters. The van der Waals surface area contributed by atoms with Crippen molar-refractivity contribution in [1.82, 2.24) is 0 Å². The molecule has 0 spiro atoms. The van der Waals surface area contributed by atoms with Gasteiger partial charge in [-0.2, -0.15) is 0 Å². The molecular weight excluding hydrogens is 873 g/mol. The van der Waals surface area contributed by atoms with Gasteiger partial charge in [-0.1, -0.05) is 146 Å². The second kappa shape index (κ2) is 17.3. The summed E-state index contributed by atoms with van der Waals surface area (Å²) in [6.07, 6.45) is 5.80. The number of carboxylic acid groups (broad SMARTS) is 2. The lowest BCUT2D eigenvalue weighted by Crippen LogP contribution is -2.67. The maximum absolute atomic E-state index is 11.7. The number of ether oxygens (including phenoxy) is 2. The number of aromatic carboxylic acids is 2. The second-order valence-corrected chi connectivity index (χ2v) is 19.7. The minimum Gasteiger partial charge on any atom is -0.478 e. The average Bonchev–Trinajstić information content (AvgIpc) is 3.39. The zero-order valence-electron chi connectivity index (χ0n) is 38.2. The van der Waals surface area contributed by atoms with Gasteiger partial charge in [0.1, 0.15) is 11.5 Å². The Morgan fingerprint density at radius 1 is 0.314 bits per heavy atom. The van der Waals surface area contributed by atoms with E-state index in [9.17, 15) is 29.4 Å². The molecule has 8 nitrogen and oxygen atoms in total. The van der Waals surface area contributed by atoms with Gasteiger partial charge in [0.25, 0.3) is 12.9 Å². The summed E-state index contributed by atoms with van der Waals surface area (Å²) in [5, 5.41) is 19.1. The number of benzene rings is 8. The molecule has 4 saturated carbocycles. The molecule has 4 aliphatic carbocycles. The van der Waals surface area contributed by atoms with E-state index in [4.69, 9.17) is 9.47 Å². The van der Waals surface area contributed by atoms with Crippen LogP contribution >= 0.6 is 0 Å². The summed E-state index contributed by atoms with van der Waals surface area (Å²) >= 11 is 0. The van der Waals surface area contributed by atoms with Crippen molar-refractivity contribution in [2.75, 3.05) is 0 Å². The van der Waals surface area contributed by atoms with Gasteiger partial charge < -0.3 is 19.7 Å². The fourth-order valence-corrected chi connectivity index (χ4v) is 13.1. The van der Waals surface area contributed by atoms with Gasteiger partial charge in [-0.25, -0.2) is 9.59 Å². The third-order valence-corrected chi connectivity index (χ3v) is 15.7. The monoisotopic (exact) mass is 920 g/mol. The van der Waals surface area contributed by atoms with Crippen molar-refractivity contribution in [2.45, 2.75) is 60.2 Å². The lowest BCUT2D eigenvalue weighted by atomic mass is 9.32. The van der Waals surface area contributed by atoms with E-state index >= 15 is 0 Å². The SMILES string of the molecule is O=COc1ccc(-c2ccc([C@]34CC5(c6ccc(-c7ccc(C(=O)O)cc7)cc6)CC(c6ccc(-c7ccc(C(=O)O)cc7)cc6)(C[C@](c6ccc(-c7ccc(OC=O)cc7)cc6)(C5)C3)C4)cc2)cc1. The van der Waals surface area contributed by atoms with Crippen molar-refractivity contribution in [3.8, 4) is 56.0 Å². The Hall–Kier alpha value is -8.36. The Morgan fingerprint density at radius 3 is 0.686 bits per heavy atom. The van der Waals surface area contributed by atoms with Crippen molar-refractivity contribution in [3.05, 3.63) is 228 Å². The molecule has 0 amide bonds. The first-order chi connectivity index (χ1) is 34.0. The van der Waals surface area contributed by atoms with Gasteiger partial charge in [-0.15, -0.1) is 0 Å². The van der Waals surface area contributed by atoms with E-state index in [1.54, 1.807) is 24.3 Å². The topological polar surface area (TPSA) is 127 Å². The summed E-state index contributed by atoms with van der Waals surface area (Å²) in [7, 11) is 0. The van der Waals surface area contributed by atoms with Crippen LogP contribution < -0.4 is 9.47 Å². The summed E-state index contributed by atoms with van der Waals surface area (Å²) in [5.41, 5.74) is 13.0. The third-order valence-electron chi connectivity index (χ3n) is 15.7. The van der Waals surface area contributed by atoms with Crippen molar-refractivity contribution in [3.63, 3.8) is 0 Å². The van der Waals surface area contributed by atoms with E-state index in [1.165, 1.54) is 22.3 Å². The number of rotatable bonds is 14. The van der Waals surface area contributed by atoms with E-state index in [0.717, 1.165) is 83.0 Å². The Bertz CT molecular complexity index is 3010. The second-order valence-electron chi connectivity index (χ2n) is 19.7. The maximum Gasteiger partial charge on any atom is 0.335 e. The molecule has 2 N–H and O–H groups in total. The molecule has 0 atom stereocenters. The number of hydrogen-bond donors (Lipinski definition) is 2. The van der Waals surface area contributed by atoms with Crippen LogP contribution in [0.25, 0.3) is 44.5 Å². The molecule has 0 heterocycles. The van der Waals surface area contributed by atoms with Crippen LogP contribution in [0.15, 0.2) is 194 Å². The lowest BCUT2D eigenvalue weighted by molar-refractivity contribution is -0.121. The Labute approximate surface area is 405 Å². The van der Waals surface area contributed by atoms with Crippen LogP contribution in [0, 0.1) is 0 Å². The fourth-order valence-electron chi connectivity index (χ4n) is 13.1. The molecule has 0 aliphatic heterocycles. The van der Waals surface area contributed by atoms with Gasteiger partial charge in [0, 0.05) is 0 Å². The highest BCUT2D eigenvalue weighted by Gasteiger charge is 2.69. The van der Waals surface area contributed by atoms with E-state index in [0.29, 0.717) is 24.4 Å². The Morgan fingerprint density at radius 2 is 0.500 bits per heavy atom. The van der Waals surface area contributed by atoms with Gasteiger partial charge in [0.05, 0.1) is 11.1 Å². The van der Waals surface area contributed by atoms with Gasteiger partial charge in [0.2, 0.25) is 0 Å². The van der Waals surface area contributed by atoms with Gasteiger partial charge in [-0.05, 0) is 175 Å². The molecule has 4 aliphatic rings. The Kier molecular flexibility index (Phi) is 10.9. The lowest BCUT2D eigenvalue weighted by Gasteiger charge is -2.71. The number of carbonyl (C=O) groups is 4. The molecule has 4 bridgehead atoms. The van der Waals surface area contributed by atoms with Crippen molar-refractivity contribution < 1.29 is 38.9 Å². The molecule has 4 fully saturated rings.